The summed E-state index contributed by atoms with van der Waals surface area (Å²) in [5, 5.41) is 4.12. The van der Waals surface area contributed by atoms with Crippen molar-refractivity contribution < 1.29 is 80.6 Å². The van der Waals surface area contributed by atoms with Gasteiger partial charge in [0.25, 0.3) is 8.32 Å². The number of ether oxygens (including phenoxy) is 9. The van der Waals surface area contributed by atoms with Gasteiger partial charge in [0.15, 0.2) is 37.0 Å². The predicted octanol–water partition coefficient (Wildman–Crippen LogP) is 8.93. The number of amides is 1. The summed E-state index contributed by atoms with van der Waals surface area (Å²) in [5.41, 5.74) is 1.15. The van der Waals surface area contributed by atoms with Crippen LogP contribution in [0.4, 0.5) is 0 Å². The Balaban J connectivity index is 1.22. The van der Waals surface area contributed by atoms with Crippen LogP contribution in [0.5, 0.6) is 0 Å². The van der Waals surface area contributed by atoms with E-state index in [0.717, 1.165) is 15.9 Å². The highest BCUT2D eigenvalue weighted by Crippen LogP contribution is 2.40. The van der Waals surface area contributed by atoms with E-state index in [9.17, 15) is 33.6 Å². The average Bonchev–Trinajstić information content (AvgIpc) is 1.26. The summed E-state index contributed by atoms with van der Waals surface area (Å²) in [6.07, 6.45) is -15.6. The SMILES string of the molecule is CC(=O)CCC(=O)O[C@H]1[C@H](O[C@H]2[C@H](OC(=O)c3ccccc3)[C@@H](NC(C)=O)[C@@H](OCc3ccccc3)O[C@@H]2CO[Si](c2ccccc2)(c2ccccc2)C(C)(C)C)O[C@@H]([C@@H](COC(=O)c2ccccc2)OC(=O)c2ccccc2)[C@@H]1OC(=O)c1ccccc1. The second-order valence-electron chi connectivity index (χ2n) is 22.5. The molecule has 7 aromatic rings. The average molecular weight is 1230 g/mol. The topological polar surface area (TPSA) is 224 Å². The fourth-order valence-corrected chi connectivity index (χ4v) is 15.4. The summed E-state index contributed by atoms with van der Waals surface area (Å²) < 4.78 is 66.8. The van der Waals surface area contributed by atoms with Crippen molar-refractivity contribution in [3.63, 3.8) is 0 Å². The van der Waals surface area contributed by atoms with E-state index in [1.165, 1.54) is 50.2 Å². The first kappa shape index (κ1) is 64.5. The molecular weight excluding hydrogens is 1150 g/mol. The number of rotatable bonds is 25. The Hall–Kier alpha value is -8.95. The minimum atomic E-state index is -3.51. The van der Waals surface area contributed by atoms with Crippen LogP contribution in [0.15, 0.2) is 212 Å². The van der Waals surface area contributed by atoms with Gasteiger partial charge in [0, 0.05) is 13.3 Å². The zero-order chi connectivity index (χ0) is 62.9. The highest BCUT2D eigenvalue weighted by atomic mass is 28.4. The summed E-state index contributed by atoms with van der Waals surface area (Å²) in [4.78, 5) is 97.9. The first-order valence-electron chi connectivity index (χ1n) is 29.3. The number of Topliss-reactive ketones (excluding diaryl/α,β-unsaturated/α-hetero) is 1. The molecule has 0 spiro atoms. The van der Waals surface area contributed by atoms with Crippen LogP contribution in [0.25, 0.3) is 0 Å². The van der Waals surface area contributed by atoms with Crippen LogP contribution in [-0.2, 0) is 68.0 Å². The predicted molar refractivity (Wildman–Crippen MR) is 328 cm³/mol. The smallest absolute Gasteiger partial charge is 0.338 e. The number of hydrogen-bond donors (Lipinski definition) is 1. The number of hydrogen-bond acceptors (Lipinski definition) is 17. The minimum Gasteiger partial charge on any atom is -0.458 e. The Labute approximate surface area is 517 Å². The summed E-state index contributed by atoms with van der Waals surface area (Å²) in [6.45, 7) is 7.74. The van der Waals surface area contributed by atoms with Gasteiger partial charge >= 0.3 is 29.8 Å². The lowest BCUT2D eigenvalue weighted by molar-refractivity contribution is -0.309. The molecule has 2 aliphatic heterocycles. The first-order valence-corrected chi connectivity index (χ1v) is 31.2. The van der Waals surface area contributed by atoms with Gasteiger partial charge in [-0.1, -0.05) is 185 Å². The first-order chi connectivity index (χ1) is 43.0. The second-order valence-corrected chi connectivity index (χ2v) is 26.8. The van der Waals surface area contributed by atoms with Crippen LogP contribution in [0.3, 0.4) is 0 Å². The van der Waals surface area contributed by atoms with Gasteiger partial charge in [-0.25, -0.2) is 19.2 Å². The van der Waals surface area contributed by atoms with E-state index < -0.39 is 123 Å². The number of benzene rings is 7. The number of nitrogens with one attached hydrogen (secondary N) is 1. The van der Waals surface area contributed by atoms with Gasteiger partial charge in [0.1, 0.15) is 36.7 Å². The molecule has 1 N–H and O–H groups in total. The van der Waals surface area contributed by atoms with Crippen molar-refractivity contribution in [3.8, 4) is 0 Å². The van der Waals surface area contributed by atoms with Crippen LogP contribution in [0, 0.1) is 0 Å². The zero-order valence-electron chi connectivity index (χ0n) is 50.0. The number of carbonyl (C=O) groups is 7. The lowest BCUT2D eigenvalue weighted by atomic mass is 9.95. The maximum Gasteiger partial charge on any atom is 0.338 e. The summed E-state index contributed by atoms with van der Waals surface area (Å²) in [6, 6.07) is 59.4. The van der Waals surface area contributed by atoms with E-state index in [4.69, 9.17) is 47.1 Å². The molecule has 89 heavy (non-hydrogen) atoms. The van der Waals surface area contributed by atoms with E-state index in [-0.39, 0.29) is 47.7 Å². The van der Waals surface area contributed by atoms with Crippen molar-refractivity contribution in [1.82, 2.24) is 5.32 Å². The molecule has 0 bridgehead atoms. The molecular formula is C70H71NO17Si. The molecule has 0 aromatic heterocycles. The van der Waals surface area contributed by atoms with E-state index in [1.54, 1.807) is 84.9 Å². The molecule has 10 atom stereocenters. The lowest BCUT2D eigenvalue weighted by Gasteiger charge is -2.48. The summed E-state index contributed by atoms with van der Waals surface area (Å²) in [5.74, 6) is -5.40. The van der Waals surface area contributed by atoms with Crippen molar-refractivity contribution in [2.24, 2.45) is 0 Å². The highest BCUT2D eigenvalue weighted by molar-refractivity contribution is 6.99. The normalized spacial score (nSPS) is 21.1. The molecule has 0 radical (unpaired) electrons. The molecule has 2 heterocycles. The van der Waals surface area contributed by atoms with Gasteiger partial charge in [-0.15, -0.1) is 0 Å². The summed E-state index contributed by atoms with van der Waals surface area (Å²) >= 11 is 0. The van der Waals surface area contributed by atoms with Gasteiger partial charge in [-0.05, 0) is 76.4 Å². The molecule has 0 aliphatic carbocycles. The van der Waals surface area contributed by atoms with Crippen LogP contribution in [0.1, 0.15) is 94.5 Å². The Morgan fingerprint density at radius 1 is 0.506 bits per heavy atom. The van der Waals surface area contributed by atoms with E-state index >= 15 is 0 Å². The molecule has 2 saturated heterocycles. The molecule has 2 aliphatic rings. The van der Waals surface area contributed by atoms with Crippen molar-refractivity contribution in [3.05, 3.63) is 240 Å². The maximum atomic E-state index is 14.8. The molecule has 19 heteroatoms. The van der Waals surface area contributed by atoms with Gasteiger partial charge in [-0.3, -0.25) is 9.59 Å². The van der Waals surface area contributed by atoms with Crippen LogP contribution < -0.4 is 15.7 Å². The molecule has 0 saturated carbocycles. The minimum absolute atomic E-state index is 0.0488. The molecule has 2 fully saturated rings. The Morgan fingerprint density at radius 3 is 1.45 bits per heavy atom. The molecule has 18 nitrogen and oxygen atoms in total. The largest absolute Gasteiger partial charge is 0.458 e. The molecule has 7 aromatic carbocycles. The third kappa shape index (κ3) is 16.4. The fourth-order valence-electron chi connectivity index (χ4n) is 10.9. The Morgan fingerprint density at radius 2 is 0.966 bits per heavy atom. The van der Waals surface area contributed by atoms with E-state index in [1.807, 2.05) is 91.0 Å². The standard InChI is InChI=1S/C70H71NO17Si/c1-46(72)41-42-57(74)84-63-62(86-67(78)52-35-21-10-22-36-52)60(55(82-65(76)50-31-17-8-18-32-50)44-79-64(75)49-29-15-7-16-30-49)88-69(63)87-59-56(45-81-89(70(3,4)5,53-37-23-11-24-38-53)54-39-25-12-26-40-54)83-68(80-43-48-27-13-6-14-28-48)58(71-47(2)73)61(59)85-66(77)51-33-19-9-20-34-51/h6-40,55-56,58-63,68-69H,41-45H2,1-5H3,(H,71,73)/t55-,56-,58-,59-,60+,61-,62+,63-,68+,69-/m1/s1. The van der Waals surface area contributed by atoms with Gasteiger partial charge in [-0.2, -0.15) is 0 Å². The number of ketones is 1. The zero-order valence-corrected chi connectivity index (χ0v) is 51.0. The van der Waals surface area contributed by atoms with Crippen LogP contribution in [-0.4, -0.2) is 124 Å². The molecule has 1 amide bonds. The Kier molecular flexibility index (Phi) is 22.0. The monoisotopic (exact) mass is 1230 g/mol. The third-order valence-corrected chi connectivity index (χ3v) is 20.1. The van der Waals surface area contributed by atoms with Crippen molar-refractivity contribution in [2.75, 3.05) is 13.2 Å². The van der Waals surface area contributed by atoms with Gasteiger partial charge in [0.2, 0.25) is 5.91 Å². The number of esters is 5. The maximum absolute atomic E-state index is 14.8. The fraction of sp³-hybridized carbons (Fsp3) is 0.300. The lowest BCUT2D eigenvalue weighted by Crippen LogP contribution is -2.70. The molecule has 9 rings (SSSR count). The second kappa shape index (κ2) is 30.3. The van der Waals surface area contributed by atoms with Crippen molar-refractivity contribution in [2.45, 2.75) is 120 Å². The van der Waals surface area contributed by atoms with Crippen LogP contribution >= 0.6 is 0 Å². The molecule has 0 unspecified atom stereocenters. The number of carbonyl (C=O) groups excluding carboxylic acids is 7. The van der Waals surface area contributed by atoms with E-state index in [2.05, 4.69) is 26.1 Å². The molecule has 462 valence electrons. The third-order valence-electron chi connectivity index (χ3n) is 15.1. The van der Waals surface area contributed by atoms with Gasteiger partial charge in [0.05, 0.1) is 41.9 Å². The summed E-state index contributed by atoms with van der Waals surface area (Å²) in [7, 11) is -3.51. The Bertz CT molecular complexity index is 3430. The van der Waals surface area contributed by atoms with Crippen molar-refractivity contribution >= 4 is 60.2 Å². The highest BCUT2D eigenvalue weighted by Gasteiger charge is 2.59. The van der Waals surface area contributed by atoms with Crippen LogP contribution in [0.2, 0.25) is 5.04 Å². The quantitative estimate of drug-likeness (QED) is 0.0320. The van der Waals surface area contributed by atoms with Crippen molar-refractivity contribution in [1.29, 1.82) is 0 Å². The van der Waals surface area contributed by atoms with E-state index in [0.29, 0.717) is 0 Å². The van der Waals surface area contributed by atoms with Gasteiger partial charge < -0.3 is 57.2 Å².